The number of rotatable bonds is 2. The third kappa shape index (κ3) is 2.90. The molecule has 2 fully saturated rings. The van der Waals surface area contributed by atoms with Crippen LogP contribution in [0.5, 0.6) is 0 Å². The zero-order valence-corrected chi connectivity index (χ0v) is 13.6. The van der Waals surface area contributed by atoms with E-state index in [2.05, 4.69) is 0 Å². The molecule has 1 aromatic carbocycles. The second-order valence-electron chi connectivity index (χ2n) is 6.74. The summed E-state index contributed by atoms with van der Waals surface area (Å²) in [5.41, 5.74) is 0.355. The molecule has 1 aromatic rings. The van der Waals surface area contributed by atoms with E-state index in [9.17, 15) is 14.0 Å². The molecule has 3 amide bonds. The van der Waals surface area contributed by atoms with Crippen LogP contribution in [0.4, 0.5) is 9.18 Å². The van der Waals surface area contributed by atoms with Crippen molar-refractivity contribution in [3.05, 3.63) is 35.6 Å². The standard InChI is InChI=1S/C17H22FN3O2/c1-19(2)16(23)21-9-7-17(12-21)6-8-20(15(17)22)11-13-4-3-5-14(18)10-13/h3-5,10H,6-9,11-12H2,1-2H3/t17-/m1/s1. The minimum atomic E-state index is -0.445. The summed E-state index contributed by atoms with van der Waals surface area (Å²) in [5.74, 6) is -0.191. The summed E-state index contributed by atoms with van der Waals surface area (Å²) < 4.78 is 13.3. The van der Waals surface area contributed by atoms with E-state index in [1.165, 1.54) is 12.1 Å². The van der Waals surface area contributed by atoms with Crippen LogP contribution < -0.4 is 0 Å². The molecule has 6 heteroatoms. The lowest BCUT2D eigenvalue weighted by Gasteiger charge is -2.25. The molecule has 1 spiro atoms. The maximum absolute atomic E-state index is 13.3. The van der Waals surface area contributed by atoms with Crippen molar-refractivity contribution in [2.75, 3.05) is 33.7 Å². The zero-order chi connectivity index (χ0) is 16.6. The Morgan fingerprint density at radius 3 is 2.74 bits per heavy atom. The molecule has 2 heterocycles. The fraction of sp³-hybridized carbons (Fsp3) is 0.529. The molecule has 124 valence electrons. The molecule has 0 radical (unpaired) electrons. The first-order valence-electron chi connectivity index (χ1n) is 7.91. The van der Waals surface area contributed by atoms with E-state index in [1.54, 1.807) is 34.9 Å². The maximum Gasteiger partial charge on any atom is 0.319 e. The minimum absolute atomic E-state index is 0.0433. The lowest BCUT2D eigenvalue weighted by molar-refractivity contribution is -0.135. The van der Waals surface area contributed by atoms with E-state index >= 15 is 0 Å². The number of hydrogen-bond donors (Lipinski definition) is 0. The number of halogens is 1. The van der Waals surface area contributed by atoms with Gasteiger partial charge in [0, 0.05) is 40.3 Å². The van der Waals surface area contributed by atoms with Crippen molar-refractivity contribution in [1.29, 1.82) is 0 Å². The Labute approximate surface area is 135 Å². The van der Waals surface area contributed by atoms with E-state index in [4.69, 9.17) is 0 Å². The number of nitrogens with zero attached hydrogens (tertiary/aromatic N) is 3. The first-order chi connectivity index (χ1) is 10.9. The van der Waals surface area contributed by atoms with Crippen molar-refractivity contribution in [2.24, 2.45) is 5.41 Å². The average Bonchev–Trinajstić information content (AvgIpc) is 3.07. The van der Waals surface area contributed by atoms with Gasteiger partial charge in [0.2, 0.25) is 5.91 Å². The van der Waals surface area contributed by atoms with Crippen molar-refractivity contribution >= 4 is 11.9 Å². The molecule has 1 atom stereocenters. The number of benzene rings is 1. The highest BCUT2D eigenvalue weighted by molar-refractivity contribution is 5.87. The van der Waals surface area contributed by atoms with Gasteiger partial charge in [0.25, 0.3) is 0 Å². The Hall–Kier alpha value is -2.11. The smallest absolute Gasteiger partial charge is 0.319 e. The fourth-order valence-corrected chi connectivity index (χ4v) is 3.60. The quantitative estimate of drug-likeness (QED) is 0.836. The summed E-state index contributed by atoms with van der Waals surface area (Å²) in [4.78, 5) is 30.0. The van der Waals surface area contributed by atoms with Gasteiger partial charge in [-0.25, -0.2) is 9.18 Å². The Balaban J connectivity index is 1.68. The average molecular weight is 319 g/mol. The van der Waals surface area contributed by atoms with Gasteiger partial charge in [0.05, 0.1) is 5.41 Å². The normalized spacial score (nSPS) is 23.9. The number of carbonyl (C=O) groups excluding carboxylic acids is 2. The highest BCUT2D eigenvalue weighted by atomic mass is 19.1. The highest BCUT2D eigenvalue weighted by Gasteiger charge is 2.51. The van der Waals surface area contributed by atoms with Crippen LogP contribution in [-0.4, -0.2) is 60.4 Å². The predicted molar refractivity (Wildman–Crippen MR) is 84.1 cm³/mol. The van der Waals surface area contributed by atoms with Gasteiger partial charge in [-0.15, -0.1) is 0 Å². The summed E-state index contributed by atoms with van der Waals surface area (Å²) in [7, 11) is 3.44. The van der Waals surface area contributed by atoms with Crippen LogP contribution in [0, 0.1) is 11.2 Å². The van der Waals surface area contributed by atoms with Gasteiger partial charge in [-0.3, -0.25) is 4.79 Å². The van der Waals surface area contributed by atoms with E-state index in [1.807, 2.05) is 6.07 Å². The lowest BCUT2D eigenvalue weighted by atomic mass is 9.85. The van der Waals surface area contributed by atoms with Crippen LogP contribution in [-0.2, 0) is 11.3 Å². The van der Waals surface area contributed by atoms with Crippen LogP contribution in [0.1, 0.15) is 18.4 Å². The van der Waals surface area contributed by atoms with Crippen molar-refractivity contribution < 1.29 is 14.0 Å². The summed E-state index contributed by atoms with van der Waals surface area (Å²) in [6.07, 6.45) is 1.48. The monoisotopic (exact) mass is 319 g/mol. The van der Waals surface area contributed by atoms with Gasteiger partial charge in [0.15, 0.2) is 0 Å². The van der Waals surface area contributed by atoms with E-state index < -0.39 is 5.41 Å². The van der Waals surface area contributed by atoms with E-state index in [0.29, 0.717) is 32.6 Å². The fourth-order valence-electron chi connectivity index (χ4n) is 3.60. The first kappa shape index (κ1) is 15.8. The second-order valence-corrected chi connectivity index (χ2v) is 6.74. The summed E-state index contributed by atoms with van der Waals surface area (Å²) in [6, 6.07) is 6.32. The largest absolute Gasteiger partial charge is 0.338 e. The molecular formula is C17H22FN3O2. The Morgan fingerprint density at radius 1 is 1.30 bits per heavy atom. The molecule has 0 N–H and O–H groups in total. The van der Waals surface area contributed by atoms with Crippen LogP contribution in [0.15, 0.2) is 24.3 Å². The number of urea groups is 1. The van der Waals surface area contributed by atoms with Crippen LogP contribution >= 0.6 is 0 Å². The van der Waals surface area contributed by atoms with Crippen LogP contribution in [0.2, 0.25) is 0 Å². The van der Waals surface area contributed by atoms with Crippen LogP contribution in [0.3, 0.4) is 0 Å². The molecule has 2 aliphatic rings. The van der Waals surface area contributed by atoms with Crippen molar-refractivity contribution in [3.8, 4) is 0 Å². The molecule has 0 aromatic heterocycles. The molecule has 0 saturated carbocycles. The predicted octanol–water partition coefficient (Wildman–Crippen LogP) is 1.93. The molecule has 0 unspecified atom stereocenters. The third-order valence-electron chi connectivity index (χ3n) is 4.87. The SMILES string of the molecule is CN(C)C(=O)N1CC[C@]2(CCN(Cc3cccc(F)c3)C2=O)C1. The van der Waals surface area contributed by atoms with Crippen molar-refractivity contribution in [2.45, 2.75) is 19.4 Å². The molecule has 0 bridgehead atoms. The molecule has 2 saturated heterocycles. The summed E-state index contributed by atoms with van der Waals surface area (Å²) >= 11 is 0. The molecule has 5 nitrogen and oxygen atoms in total. The Morgan fingerprint density at radius 2 is 2.04 bits per heavy atom. The zero-order valence-electron chi connectivity index (χ0n) is 13.6. The highest BCUT2D eigenvalue weighted by Crippen LogP contribution is 2.41. The third-order valence-corrected chi connectivity index (χ3v) is 4.87. The molecular weight excluding hydrogens is 297 g/mol. The van der Waals surface area contributed by atoms with Crippen LogP contribution in [0.25, 0.3) is 0 Å². The second kappa shape index (κ2) is 5.83. The lowest BCUT2D eigenvalue weighted by Crippen LogP contribution is -2.41. The molecule has 2 aliphatic heterocycles. The topological polar surface area (TPSA) is 43.9 Å². The first-order valence-corrected chi connectivity index (χ1v) is 7.91. The molecule has 0 aliphatic carbocycles. The van der Waals surface area contributed by atoms with Gasteiger partial charge in [-0.1, -0.05) is 12.1 Å². The van der Waals surface area contributed by atoms with E-state index in [0.717, 1.165) is 12.0 Å². The summed E-state index contributed by atoms with van der Waals surface area (Å²) in [6.45, 7) is 2.21. The van der Waals surface area contributed by atoms with Crippen molar-refractivity contribution in [3.63, 3.8) is 0 Å². The van der Waals surface area contributed by atoms with Gasteiger partial charge >= 0.3 is 6.03 Å². The number of hydrogen-bond acceptors (Lipinski definition) is 2. The Kier molecular flexibility index (Phi) is 4.00. The van der Waals surface area contributed by atoms with Crippen molar-refractivity contribution in [1.82, 2.24) is 14.7 Å². The van der Waals surface area contributed by atoms with E-state index in [-0.39, 0.29) is 17.8 Å². The maximum atomic E-state index is 13.3. The van der Waals surface area contributed by atoms with Gasteiger partial charge in [-0.2, -0.15) is 0 Å². The number of carbonyl (C=O) groups is 2. The van der Waals surface area contributed by atoms with Gasteiger partial charge in [-0.05, 0) is 30.5 Å². The van der Waals surface area contributed by atoms with Gasteiger partial charge < -0.3 is 14.7 Å². The number of amides is 3. The minimum Gasteiger partial charge on any atom is -0.338 e. The molecule has 3 rings (SSSR count). The van der Waals surface area contributed by atoms with Gasteiger partial charge in [0.1, 0.15) is 5.82 Å². The summed E-state index contributed by atoms with van der Waals surface area (Å²) in [5, 5.41) is 0. The molecule has 23 heavy (non-hydrogen) atoms. The number of likely N-dealkylation sites (tertiary alicyclic amines) is 2. The Bertz CT molecular complexity index is 634.